The number of ether oxygens (including phenoxy) is 1. The number of nitrogen functional groups attached to an aromatic ring is 1. The fourth-order valence-corrected chi connectivity index (χ4v) is 5.38. The molecule has 9 nitrogen and oxygen atoms in total. The molecule has 14 heteroatoms. The Morgan fingerprint density at radius 1 is 1.17 bits per heavy atom. The zero-order valence-electron chi connectivity index (χ0n) is 22.2. The van der Waals surface area contributed by atoms with Crippen LogP contribution in [0.2, 0.25) is 5.02 Å². The quantitative estimate of drug-likeness (QED) is 0.335. The second-order valence-corrected chi connectivity index (χ2v) is 10.4. The fraction of sp³-hybridized carbons (Fsp3) is 0.407. The number of nitrogens with two attached hydrogens (primary N) is 1. The molecule has 0 bridgehead atoms. The fourth-order valence-electron chi connectivity index (χ4n) is 5.13. The summed E-state index contributed by atoms with van der Waals surface area (Å²) in [6.07, 6.45) is -4.14. The minimum atomic E-state index is -4.71. The third-order valence-electron chi connectivity index (χ3n) is 7.41. The first kappa shape index (κ1) is 28.8. The first-order valence-corrected chi connectivity index (χ1v) is 13.3. The summed E-state index contributed by atoms with van der Waals surface area (Å²) in [5.74, 6) is 0.132. The maximum Gasteiger partial charge on any atom is 0.418 e. The third-order valence-corrected chi connectivity index (χ3v) is 7.72. The molecule has 5 rings (SSSR count). The Kier molecular flexibility index (Phi) is 7.93. The molecule has 2 aliphatic heterocycles. The van der Waals surface area contributed by atoms with E-state index in [0.717, 1.165) is 12.1 Å². The first-order valence-electron chi connectivity index (χ1n) is 12.9. The van der Waals surface area contributed by atoms with Gasteiger partial charge in [-0.25, -0.2) is 9.37 Å². The number of fused-ring (bicyclic) bond motifs is 1. The number of amides is 1. The van der Waals surface area contributed by atoms with E-state index in [1.807, 2.05) is 9.80 Å². The van der Waals surface area contributed by atoms with E-state index in [9.17, 15) is 22.4 Å². The first-order chi connectivity index (χ1) is 19.5. The summed E-state index contributed by atoms with van der Waals surface area (Å²) in [4.78, 5) is 30.5. The van der Waals surface area contributed by atoms with Crippen LogP contribution in [0.4, 0.5) is 29.2 Å². The molecule has 4 heterocycles. The number of piperazine rings is 1. The molecule has 3 aromatic rings. The molecule has 2 N–H and O–H groups in total. The Hall–Kier alpha value is -3.71. The number of likely N-dealkylation sites (N-methyl/N-ethyl adjacent to an activating group) is 1. The molecule has 1 aromatic carbocycles. The van der Waals surface area contributed by atoms with Crippen molar-refractivity contribution in [3.05, 3.63) is 47.5 Å². The third kappa shape index (κ3) is 5.87. The lowest BCUT2D eigenvalue weighted by atomic mass is 10.0. The molecular weight excluding hydrogens is 566 g/mol. The number of carbonyl (C=O) groups excluding carboxylic acids is 1. The Morgan fingerprint density at radius 3 is 2.54 bits per heavy atom. The maximum atomic E-state index is 14.4. The summed E-state index contributed by atoms with van der Waals surface area (Å²) >= 11 is 6.56. The molecule has 1 amide bonds. The highest BCUT2D eigenvalue weighted by Crippen LogP contribution is 2.41. The van der Waals surface area contributed by atoms with Crippen LogP contribution in [0.5, 0.6) is 6.01 Å². The van der Waals surface area contributed by atoms with E-state index >= 15 is 0 Å². The van der Waals surface area contributed by atoms with Crippen molar-refractivity contribution in [2.45, 2.75) is 24.8 Å². The number of anilines is 2. The maximum absolute atomic E-state index is 14.4. The van der Waals surface area contributed by atoms with Crippen molar-refractivity contribution >= 4 is 40.0 Å². The minimum absolute atomic E-state index is 0.00654. The van der Waals surface area contributed by atoms with Crippen molar-refractivity contribution in [2.24, 2.45) is 0 Å². The topological polar surface area (TPSA) is 101 Å². The van der Waals surface area contributed by atoms with Gasteiger partial charge >= 0.3 is 12.2 Å². The van der Waals surface area contributed by atoms with Crippen LogP contribution in [-0.4, -0.2) is 89.3 Å². The Labute approximate surface area is 238 Å². The van der Waals surface area contributed by atoms with Crippen molar-refractivity contribution in [3.63, 3.8) is 0 Å². The average molecular weight is 594 g/mol. The zero-order valence-corrected chi connectivity index (χ0v) is 22.9. The zero-order chi connectivity index (χ0) is 29.5. The number of hydrogen-bond acceptors (Lipinski definition) is 8. The van der Waals surface area contributed by atoms with Crippen LogP contribution in [0.3, 0.4) is 0 Å². The highest BCUT2D eigenvalue weighted by Gasteiger charge is 2.36. The van der Waals surface area contributed by atoms with Crippen molar-refractivity contribution in [1.29, 1.82) is 0 Å². The summed E-state index contributed by atoms with van der Waals surface area (Å²) in [6, 6.07) is 4.26. The van der Waals surface area contributed by atoms with Gasteiger partial charge < -0.3 is 20.3 Å². The molecule has 2 saturated heterocycles. The molecule has 2 atom stereocenters. The van der Waals surface area contributed by atoms with Crippen molar-refractivity contribution in [3.8, 4) is 17.3 Å². The van der Waals surface area contributed by atoms with Crippen molar-refractivity contribution in [1.82, 2.24) is 24.8 Å². The molecule has 41 heavy (non-hydrogen) atoms. The van der Waals surface area contributed by atoms with Crippen LogP contribution in [0, 0.1) is 0 Å². The van der Waals surface area contributed by atoms with E-state index in [4.69, 9.17) is 22.1 Å². The second-order valence-electron chi connectivity index (χ2n) is 9.99. The van der Waals surface area contributed by atoms with Crippen LogP contribution in [0.25, 0.3) is 22.2 Å². The van der Waals surface area contributed by atoms with Gasteiger partial charge in [0.05, 0.1) is 27.8 Å². The normalized spacial score (nSPS) is 20.0. The summed E-state index contributed by atoms with van der Waals surface area (Å²) in [6.45, 7) is 5.73. The lowest BCUT2D eigenvalue weighted by Crippen LogP contribution is -2.48. The SMILES string of the molecule is C=CC(=O)N1CCN(c2nc(OC[C@@H]3[C@@H](F)CCN3C)nc3cc(-c4nc(N)ccc4C(F)(F)F)c(Cl)cc23)CC1. The predicted octanol–water partition coefficient (Wildman–Crippen LogP) is 4.20. The molecule has 0 aliphatic carbocycles. The molecule has 218 valence electrons. The van der Waals surface area contributed by atoms with Crippen molar-refractivity contribution in [2.75, 3.05) is 57.0 Å². The number of carbonyl (C=O) groups is 1. The van der Waals surface area contributed by atoms with Gasteiger partial charge in [-0.1, -0.05) is 18.2 Å². The number of pyridine rings is 1. The van der Waals surface area contributed by atoms with Gasteiger partial charge in [-0.15, -0.1) is 0 Å². The van der Waals surface area contributed by atoms with Gasteiger partial charge in [0.25, 0.3) is 0 Å². The van der Waals surface area contributed by atoms with E-state index in [1.165, 1.54) is 18.2 Å². The van der Waals surface area contributed by atoms with Crippen LogP contribution in [0.15, 0.2) is 36.9 Å². The minimum Gasteiger partial charge on any atom is -0.462 e. The number of nitrogens with zero attached hydrogens (tertiary/aromatic N) is 6. The monoisotopic (exact) mass is 593 g/mol. The summed E-state index contributed by atoms with van der Waals surface area (Å²) in [5.41, 5.74) is 4.54. The molecule has 2 fully saturated rings. The number of likely N-dealkylation sites (tertiary alicyclic amines) is 1. The second kappa shape index (κ2) is 11.3. The molecule has 2 aromatic heterocycles. The number of rotatable bonds is 6. The lowest BCUT2D eigenvalue weighted by molar-refractivity contribution is -0.137. The van der Waals surface area contributed by atoms with Crippen LogP contribution >= 0.6 is 11.6 Å². The molecule has 0 radical (unpaired) electrons. The van der Waals surface area contributed by atoms with Gasteiger partial charge in [0, 0.05) is 43.7 Å². The average Bonchev–Trinajstić information content (AvgIpc) is 3.26. The van der Waals surface area contributed by atoms with Gasteiger partial charge in [0.1, 0.15) is 24.4 Å². The number of hydrogen-bond donors (Lipinski definition) is 1. The molecule has 0 spiro atoms. The van der Waals surface area contributed by atoms with E-state index in [-0.39, 0.29) is 40.4 Å². The molecule has 0 saturated carbocycles. The largest absolute Gasteiger partial charge is 0.462 e. The van der Waals surface area contributed by atoms with E-state index in [0.29, 0.717) is 50.3 Å². The Morgan fingerprint density at radius 2 is 1.90 bits per heavy atom. The number of benzene rings is 1. The highest BCUT2D eigenvalue weighted by atomic mass is 35.5. The highest BCUT2D eigenvalue weighted by molar-refractivity contribution is 6.34. The summed E-state index contributed by atoms with van der Waals surface area (Å²) in [7, 11) is 1.80. The van der Waals surface area contributed by atoms with Crippen molar-refractivity contribution < 1.29 is 27.1 Å². The van der Waals surface area contributed by atoms with E-state index in [2.05, 4.69) is 21.5 Å². The predicted molar refractivity (Wildman–Crippen MR) is 148 cm³/mol. The van der Waals surface area contributed by atoms with Gasteiger partial charge in [0.15, 0.2) is 0 Å². The van der Waals surface area contributed by atoms with Crippen LogP contribution < -0.4 is 15.4 Å². The Bertz CT molecular complexity index is 1470. The van der Waals surface area contributed by atoms with Gasteiger partial charge in [0.2, 0.25) is 5.91 Å². The van der Waals surface area contributed by atoms with Crippen LogP contribution in [0.1, 0.15) is 12.0 Å². The van der Waals surface area contributed by atoms with Crippen LogP contribution in [-0.2, 0) is 11.0 Å². The Balaban J connectivity index is 1.59. The lowest BCUT2D eigenvalue weighted by Gasteiger charge is -2.35. The molecule has 0 unspecified atom stereocenters. The van der Waals surface area contributed by atoms with Gasteiger partial charge in [-0.3, -0.25) is 9.69 Å². The number of halogens is 5. The van der Waals surface area contributed by atoms with E-state index < -0.39 is 29.6 Å². The van der Waals surface area contributed by atoms with E-state index in [1.54, 1.807) is 11.9 Å². The number of aromatic nitrogens is 3. The smallest absolute Gasteiger partial charge is 0.418 e. The molecule has 2 aliphatic rings. The summed E-state index contributed by atoms with van der Waals surface area (Å²) < 4.78 is 61.9. The van der Waals surface area contributed by atoms with Gasteiger partial charge in [-0.2, -0.15) is 23.1 Å². The summed E-state index contributed by atoms with van der Waals surface area (Å²) in [5, 5.41) is 0.460. The number of alkyl halides is 4. The van der Waals surface area contributed by atoms with Gasteiger partial charge in [-0.05, 0) is 43.8 Å². The standard InChI is InChI=1S/C27H28ClF4N7O2/c1-3-23(40)38-8-10-39(11-9-38)25-16-12-18(28)15(24-17(27(30,31)32)4-5-22(33)35-24)13-20(16)34-26(36-25)41-14-21-19(29)6-7-37(21)2/h3-5,12-13,19,21H,1,6-11,14H2,2H3,(H2,33,35)/t19-,21+/m0/s1. The molecular formula is C27H28ClF4N7O2.